The Morgan fingerprint density at radius 3 is 2.82 bits per heavy atom. The molecule has 6 heteroatoms. The first kappa shape index (κ1) is 11.3. The Morgan fingerprint density at radius 2 is 2.18 bits per heavy atom. The number of rotatable bonds is 4. The summed E-state index contributed by atoms with van der Waals surface area (Å²) >= 11 is 0. The van der Waals surface area contributed by atoms with Crippen molar-refractivity contribution in [3.63, 3.8) is 0 Å². The molecule has 0 fully saturated rings. The Morgan fingerprint density at radius 1 is 1.41 bits per heavy atom. The first-order chi connectivity index (χ1) is 8.27. The lowest BCUT2D eigenvalue weighted by Crippen LogP contribution is -2.33. The van der Waals surface area contributed by atoms with Gasteiger partial charge in [-0.2, -0.15) is 5.10 Å². The quantitative estimate of drug-likeness (QED) is 0.696. The number of aromatic nitrogens is 3. The molecule has 0 unspecified atom stereocenters. The van der Waals surface area contributed by atoms with Crippen LogP contribution in [0.15, 0.2) is 36.7 Å². The van der Waals surface area contributed by atoms with Gasteiger partial charge in [0.2, 0.25) is 5.91 Å². The fourth-order valence-corrected chi connectivity index (χ4v) is 1.41. The van der Waals surface area contributed by atoms with Gasteiger partial charge in [0.15, 0.2) is 0 Å². The Labute approximate surface area is 98.3 Å². The van der Waals surface area contributed by atoms with Crippen molar-refractivity contribution in [2.75, 3.05) is 0 Å². The topological polar surface area (TPSA) is 96.7 Å². The monoisotopic (exact) mass is 231 g/mol. The summed E-state index contributed by atoms with van der Waals surface area (Å²) in [6.45, 7) is 0.291. The fraction of sp³-hybridized carbons (Fsp3) is 0.182. The van der Waals surface area contributed by atoms with Gasteiger partial charge in [0, 0.05) is 0 Å². The number of benzene rings is 1. The molecule has 0 aliphatic rings. The van der Waals surface area contributed by atoms with Crippen LogP contribution in [0, 0.1) is 0 Å². The van der Waals surface area contributed by atoms with Gasteiger partial charge >= 0.3 is 0 Å². The van der Waals surface area contributed by atoms with E-state index < -0.39 is 6.04 Å². The van der Waals surface area contributed by atoms with Crippen LogP contribution in [0.1, 0.15) is 17.4 Å². The number of nitrogens with two attached hydrogens (primary N) is 1. The Hall–Kier alpha value is -2.21. The molecule has 0 bridgehead atoms. The highest BCUT2D eigenvalue weighted by atomic mass is 16.2. The highest BCUT2D eigenvalue weighted by molar-refractivity contribution is 5.82. The van der Waals surface area contributed by atoms with Crippen molar-refractivity contribution in [1.82, 2.24) is 20.5 Å². The summed E-state index contributed by atoms with van der Waals surface area (Å²) in [5.74, 6) is 0.353. The van der Waals surface area contributed by atoms with Crippen LogP contribution in [0.2, 0.25) is 0 Å². The molecule has 0 aliphatic carbocycles. The maximum Gasteiger partial charge on any atom is 0.241 e. The van der Waals surface area contributed by atoms with Gasteiger partial charge in [0.25, 0.3) is 0 Å². The van der Waals surface area contributed by atoms with Gasteiger partial charge in [0.1, 0.15) is 18.2 Å². The molecular weight excluding hydrogens is 218 g/mol. The number of aromatic amines is 1. The summed E-state index contributed by atoms with van der Waals surface area (Å²) in [4.78, 5) is 15.6. The number of nitrogens with one attached hydrogen (secondary N) is 2. The Bertz CT molecular complexity index is 468. The van der Waals surface area contributed by atoms with Gasteiger partial charge in [-0.15, -0.1) is 0 Å². The molecule has 0 aliphatic heterocycles. The van der Waals surface area contributed by atoms with E-state index in [0.717, 1.165) is 5.56 Å². The lowest BCUT2D eigenvalue weighted by atomic mass is 10.1. The van der Waals surface area contributed by atoms with E-state index in [1.165, 1.54) is 6.33 Å². The van der Waals surface area contributed by atoms with Crippen LogP contribution in [0.3, 0.4) is 0 Å². The third-order valence-electron chi connectivity index (χ3n) is 2.34. The van der Waals surface area contributed by atoms with E-state index in [2.05, 4.69) is 20.5 Å². The molecule has 2 rings (SSSR count). The number of carbonyl (C=O) groups is 1. The molecule has 2 aromatic rings. The molecular formula is C11H13N5O. The molecule has 88 valence electrons. The second-order valence-corrected chi connectivity index (χ2v) is 3.54. The van der Waals surface area contributed by atoms with E-state index in [1.807, 2.05) is 30.3 Å². The zero-order valence-corrected chi connectivity index (χ0v) is 9.13. The molecule has 1 aromatic carbocycles. The number of amides is 1. The van der Waals surface area contributed by atoms with E-state index in [-0.39, 0.29) is 5.91 Å². The number of carbonyl (C=O) groups excluding carboxylic acids is 1. The summed E-state index contributed by atoms with van der Waals surface area (Å²) < 4.78 is 0. The summed E-state index contributed by atoms with van der Waals surface area (Å²) in [5.41, 5.74) is 6.60. The van der Waals surface area contributed by atoms with Gasteiger partial charge < -0.3 is 11.1 Å². The van der Waals surface area contributed by atoms with Crippen LogP contribution in [0.25, 0.3) is 0 Å². The van der Waals surface area contributed by atoms with Crippen LogP contribution in [-0.2, 0) is 11.3 Å². The van der Waals surface area contributed by atoms with Crippen LogP contribution in [-0.4, -0.2) is 21.1 Å². The highest BCUT2D eigenvalue weighted by Crippen LogP contribution is 2.09. The van der Waals surface area contributed by atoms with Gasteiger partial charge in [-0.1, -0.05) is 30.3 Å². The minimum absolute atomic E-state index is 0.243. The SMILES string of the molecule is N[C@H](C(=O)NCc1ncn[nH]1)c1ccccc1. The molecule has 0 spiro atoms. The summed E-state index contributed by atoms with van der Waals surface area (Å²) in [6.07, 6.45) is 1.39. The Balaban J connectivity index is 1.92. The van der Waals surface area contributed by atoms with Crippen LogP contribution in [0.4, 0.5) is 0 Å². The molecule has 1 heterocycles. The lowest BCUT2D eigenvalue weighted by molar-refractivity contribution is -0.122. The van der Waals surface area contributed by atoms with Crippen molar-refractivity contribution in [3.8, 4) is 0 Å². The second kappa shape index (κ2) is 5.22. The zero-order valence-electron chi connectivity index (χ0n) is 9.13. The predicted molar refractivity (Wildman–Crippen MR) is 61.6 cm³/mol. The lowest BCUT2D eigenvalue weighted by Gasteiger charge is -2.11. The molecule has 1 aromatic heterocycles. The van der Waals surface area contributed by atoms with Crippen molar-refractivity contribution in [2.45, 2.75) is 12.6 Å². The zero-order chi connectivity index (χ0) is 12.1. The molecule has 0 saturated carbocycles. The number of nitrogens with zero attached hydrogens (tertiary/aromatic N) is 2. The van der Waals surface area contributed by atoms with Crippen molar-refractivity contribution in [3.05, 3.63) is 48.0 Å². The van der Waals surface area contributed by atoms with E-state index in [1.54, 1.807) is 0 Å². The van der Waals surface area contributed by atoms with Gasteiger partial charge in [-0.25, -0.2) is 4.98 Å². The largest absolute Gasteiger partial charge is 0.347 e. The summed E-state index contributed by atoms with van der Waals surface area (Å²) in [5, 5.41) is 9.02. The summed E-state index contributed by atoms with van der Waals surface area (Å²) in [7, 11) is 0. The van der Waals surface area contributed by atoms with Crippen molar-refractivity contribution < 1.29 is 4.79 Å². The molecule has 17 heavy (non-hydrogen) atoms. The van der Waals surface area contributed by atoms with Crippen molar-refractivity contribution in [1.29, 1.82) is 0 Å². The molecule has 1 amide bonds. The maximum atomic E-state index is 11.7. The van der Waals surface area contributed by atoms with Crippen molar-refractivity contribution in [2.24, 2.45) is 5.73 Å². The van der Waals surface area contributed by atoms with Crippen molar-refractivity contribution >= 4 is 5.91 Å². The molecule has 4 N–H and O–H groups in total. The molecule has 0 radical (unpaired) electrons. The third-order valence-corrected chi connectivity index (χ3v) is 2.34. The van der Waals surface area contributed by atoms with Crippen LogP contribution < -0.4 is 11.1 Å². The first-order valence-corrected chi connectivity index (χ1v) is 5.20. The van der Waals surface area contributed by atoms with Gasteiger partial charge in [-0.05, 0) is 5.56 Å². The van der Waals surface area contributed by atoms with E-state index in [0.29, 0.717) is 12.4 Å². The number of hydrogen-bond acceptors (Lipinski definition) is 4. The predicted octanol–water partition coefficient (Wildman–Crippen LogP) is 0.121. The van der Waals surface area contributed by atoms with Crippen LogP contribution in [0.5, 0.6) is 0 Å². The van der Waals surface area contributed by atoms with E-state index in [9.17, 15) is 4.79 Å². The molecule has 0 saturated heterocycles. The minimum Gasteiger partial charge on any atom is -0.347 e. The fourth-order valence-electron chi connectivity index (χ4n) is 1.41. The number of hydrogen-bond donors (Lipinski definition) is 3. The van der Waals surface area contributed by atoms with E-state index in [4.69, 9.17) is 5.73 Å². The third kappa shape index (κ3) is 2.88. The average Bonchev–Trinajstić information content (AvgIpc) is 2.89. The molecule has 6 nitrogen and oxygen atoms in total. The summed E-state index contributed by atoms with van der Waals surface area (Å²) in [6, 6.07) is 8.54. The molecule has 1 atom stereocenters. The Kier molecular flexibility index (Phi) is 3.46. The number of H-pyrrole nitrogens is 1. The van der Waals surface area contributed by atoms with Gasteiger partial charge in [-0.3, -0.25) is 9.89 Å². The van der Waals surface area contributed by atoms with Gasteiger partial charge in [0.05, 0.1) is 6.54 Å². The minimum atomic E-state index is -0.667. The van der Waals surface area contributed by atoms with Crippen LogP contribution >= 0.6 is 0 Å². The first-order valence-electron chi connectivity index (χ1n) is 5.20. The maximum absolute atomic E-state index is 11.7. The van der Waals surface area contributed by atoms with E-state index >= 15 is 0 Å². The standard InChI is InChI=1S/C11H13N5O/c12-10(8-4-2-1-3-5-8)11(17)13-6-9-14-7-15-16-9/h1-5,7,10H,6,12H2,(H,13,17)(H,14,15,16)/t10-/m0/s1. The normalized spacial score (nSPS) is 12.1. The average molecular weight is 231 g/mol. The smallest absolute Gasteiger partial charge is 0.241 e. The highest BCUT2D eigenvalue weighted by Gasteiger charge is 2.14. The second-order valence-electron chi connectivity index (χ2n) is 3.54.